The van der Waals surface area contributed by atoms with Gasteiger partial charge in [-0.3, -0.25) is 4.79 Å². The number of aryl methyl sites for hydroxylation is 1. The van der Waals surface area contributed by atoms with Gasteiger partial charge < -0.3 is 5.32 Å². The van der Waals surface area contributed by atoms with Crippen molar-refractivity contribution in [3.8, 4) is 5.69 Å². The molecule has 1 aliphatic heterocycles. The molecule has 0 saturated carbocycles. The highest BCUT2D eigenvalue weighted by molar-refractivity contribution is 5.90. The summed E-state index contributed by atoms with van der Waals surface area (Å²) in [5.74, 6) is 0.790. The molecule has 2 heterocycles. The van der Waals surface area contributed by atoms with E-state index in [1.54, 1.807) is 4.68 Å². The number of fused-ring (bicyclic) bond motifs is 1. The first-order valence-electron chi connectivity index (χ1n) is 8.14. The SMILES string of the molecule is O=C1CCCCCCCCc2nnn(-c3ccccc3)c2N1. The molecule has 0 bridgehead atoms. The summed E-state index contributed by atoms with van der Waals surface area (Å²) in [4.78, 5) is 12.2. The molecule has 0 radical (unpaired) electrons. The summed E-state index contributed by atoms with van der Waals surface area (Å²) < 4.78 is 1.74. The highest BCUT2D eigenvalue weighted by Crippen LogP contribution is 2.21. The Labute approximate surface area is 130 Å². The van der Waals surface area contributed by atoms with E-state index in [9.17, 15) is 4.79 Å². The van der Waals surface area contributed by atoms with Crippen molar-refractivity contribution in [1.29, 1.82) is 0 Å². The molecule has 0 unspecified atom stereocenters. The number of rotatable bonds is 1. The van der Waals surface area contributed by atoms with Crippen LogP contribution >= 0.6 is 0 Å². The Morgan fingerprint density at radius 1 is 0.909 bits per heavy atom. The Hall–Kier alpha value is -2.17. The zero-order chi connectivity index (χ0) is 15.2. The van der Waals surface area contributed by atoms with Gasteiger partial charge in [-0.05, 0) is 31.4 Å². The van der Waals surface area contributed by atoms with Gasteiger partial charge >= 0.3 is 0 Å². The Balaban J connectivity index is 1.90. The van der Waals surface area contributed by atoms with Gasteiger partial charge in [0.1, 0.15) is 5.69 Å². The Morgan fingerprint density at radius 3 is 2.36 bits per heavy atom. The molecule has 0 saturated heterocycles. The predicted molar refractivity (Wildman–Crippen MR) is 86.0 cm³/mol. The number of amides is 1. The predicted octanol–water partition coefficient (Wildman–Crippen LogP) is 3.49. The van der Waals surface area contributed by atoms with Gasteiger partial charge in [0.05, 0.1) is 5.69 Å². The van der Waals surface area contributed by atoms with E-state index in [4.69, 9.17) is 0 Å². The maximum Gasteiger partial charge on any atom is 0.225 e. The fraction of sp³-hybridized carbons (Fsp3) is 0.471. The van der Waals surface area contributed by atoms with Crippen LogP contribution in [0.2, 0.25) is 0 Å². The number of hydrogen-bond acceptors (Lipinski definition) is 3. The molecule has 0 aliphatic carbocycles. The average molecular weight is 298 g/mol. The number of nitrogens with zero attached hydrogens (tertiary/aromatic N) is 3. The van der Waals surface area contributed by atoms with Crippen molar-refractivity contribution in [3.05, 3.63) is 36.0 Å². The van der Waals surface area contributed by atoms with Gasteiger partial charge in [0.15, 0.2) is 5.82 Å². The van der Waals surface area contributed by atoms with Gasteiger partial charge in [0.2, 0.25) is 5.91 Å². The maximum atomic E-state index is 12.2. The lowest BCUT2D eigenvalue weighted by atomic mass is 10.1. The third-order valence-electron chi connectivity index (χ3n) is 4.07. The van der Waals surface area contributed by atoms with Crippen LogP contribution in [-0.4, -0.2) is 20.9 Å². The molecule has 0 spiro atoms. The van der Waals surface area contributed by atoms with Crippen molar-refractivity contribution < 1.29 is 4.79 Å². The van der Waals surface area contributed by atoms with Crippen molar-refractivity contribution in [2.75, 3.05) is 5.32 Å². The van der Waals surface area contributed by atoms with Gasteiger partial charge in [0.25, 0.3) is 0 Å². The zero-order valence-electron chi connectivity index (χ0n) is 12.8. The standard InChI is InChI=1S/C17H22N4O/c22-16-13-9-4-2-1-3-8-12-15-17(18-16)21(20-19-15)14-10-6-5-7-11-14/h5-7,10-11H,1-4,8-9,12-13H2,(H,18,22). The van der Waals surface area contributed by atoms with E-state index in [0.29, 0.717) is 6.42 Å². The monoisotopic (exact) mass is 298 g/mol. The van der Waals surface area contributed by atoms with Crippen LogP contribution in [-0.2, 0) is 11.2 Å². The second kappa shape index (κ2) is 7.20. The molecular formula is C17H22N4O. The molecule has 5 heteroatoms. The molecule has 0 fully saturated rings. The van der Waals surface area contributed by atoms with Crippen LogP contribution in [0.1, 0.15) is 50.6 Å². The number of anilines is 1. The smallest absolute Gasteiger partial charge is 0.225 e. The van der Waals surface area contributed by atoms with Gasteiger partial charge in [-0.25, -0.2) is 0 Å². The number of nitrogens with one attached hydrogen (secondary N) is 1. The molecule has 1 aromatic carbocycles. The van der Waals surface area contributed by atoms with Crippen LogP contribution in [0.5, 0.6) is 0 Å². The summed E-state index contributed by atoms with van der Waals surface area (Å²) in [6, 6.07) is 9.82. The number of hydrogen-bond donors (Lipinski definition) is 1. The van der Waals surface area contributed by atoms with Crippen molar-refractivity contribution in [2.24, 2.45) is 0 Å². The Morgan fingerprint density at radius 2 is 1.59 bits per heavy atom. The number of benzene rings is 1. The van der Waals surface area contributed by atoms with E-state index in [0.717, 1.165) is 42.9 Å². The van der Waals surface area contributed by atoms with Crippen molar-refractivity contribution >= 4 is 11.7 Å². The number of aromatic nitrogens is 3. The van der Waals surface area contributed by atoms with Crippen molar-refractivity contribution in [2.45, 2.75) is 51.4 Å². The van der Waals surface area contributed by atoms with E-state index < -0.39 is 0 Å². The van der Waals surface area contributed by atoms with Crippen LogP contribution in [0.3, 0.4) is 0 Å². The van der Waals surface area contributed by atoms with E-state index in [1.165, 1.54) is 19.3 Å². The number of carbonyl (C=O) groups is 1. The second-order valence-corrected chi connectivity index (χ2v) is 5.80. The molecule has 5 nitrogen and oxygen atoms in total. The first-order valence-corrected chi connectivity index (χ1v) is 8.14. The summed E-state index contributed by atoms with van der Waals surface area (Å²) in [6.07, 6.45) is 8.29. The molecule has 1 aromatic heterocycles. The normalized spacial score (nSPS) is 17.0. The molecular weight excluding hydrogens is 276 g/mol. The summed E-state index contributed by atoms with van der Waals surface area (Å²) >= 11 is 0. The number of para-hydroxylation sites is 1. The third kappa shape index (κ3) is 3.53. The summed E-state index contributed by atoms with van der Waals surface area (Å²) in [7, 11) is 0. The molecule has 0 atom stereocenters. The fourth-order valence-electron chi connectivity index (χ4n) is 2.84. The van der Waals surface area contributed by atoms with Crippen LogP contribution in [0, 0.1) is 0 Å². The minimum Gasteiger partial charge on any atom is -0.309 e. The first kappa shape index (κ1) is 14.8. The third-order valence-corrected chi connectivity index (χ3v) is 4.07. The highest BCUT2D eigenvalue weighted by Gasteiger charge is 2.17. The minimum atomic E-state index is 0.0568. The van der Waals surface area contributed by atoms with Crippen LogP contribution in [0.4, 0.5) is 5.82 Å². The Bertz CT molecular complexity index is 621. The molecule has 22 heavy (non-hydrogen) atoms. The van der Waals surface area contributed by atoms with Crippen LogP contribution in [0.15, 0.2) is 30.3 Å². The van der Waals surface area contributed by atoms with Gasteiger partial charge in [-0.15, -0.1) is 5.10 Å². The van der Waals surface area contributed by atoms with Crippen LogP contribution < -0.4 is 5.32 Å². The van der Waals surface area contributed by atoms with Gasteiger partial charge in [-0.2, -0.15) is 4.68 Å². The molecule has 1 N–H and O–H groups in total. The fourth-order valence-corrected chi connectivity index (χ4v) is 2.84. The summed E-state index contributed by atoms with van der Waals surface area (Å²) in [5.41, 5.74) is 1.81. The average Bonchev–Trinajstić information content (AvgIpc) is 2.92. The second-order valence-electron chi connectivity index (χ2n) is 5.80. The molecule has 1 aliphatic rings. The van der Waals surface area contributed by atoms with Gasteiger partial charge in [-0.1, -0.05) is 49.1 Å². The first-order chi connectivity index (χ1) is 10.8. The molecule has 1 amide bonds. The molecule has 116 valence electrons. The van der Waals surface area contributed by atoms with Crippen molar-refractivity contribution in [1.82, 2.24) is 15.0 Å². The topological polar surface area (TPSA) is 59.8 Å². The molecule has 2 aromatic rings. The molecule has 3 rings (SSSR count). The van der Waals surface area contributed by atoms with E-state index in [-0.39, 0.29) is 5.91 Å². The number of carbonyl (C=O) groups excluding carboxylic acids is 1. The summed E-state index contributed by atoms with van der Waals surface area (Å²) in [6.45, 7) is 0. The van der Waals surface area contributed by atoms with Crippen LogP contribution in [0.25, 0.3) is 5.69 Å². The highest BCUT2D eigenvalue weighted by atomic mass is 16.1. The quantitative estimate of drug-likeness (QED) is 0.876. The van der Waals surface area contributed by atoms with E-state index in [1.807, 2.05) is 30.3 Å². The maximum absolute atomic E-state index is 12.2. The van der Waals surface area contributed by atoms with Crippen molar-refractivity contribution in [3.63, 3.8) is 0 Å². The minimum absolute atomic E-state index is 0.0568. The van der Waals surface area contributed by atoms with E-state index in [2.05, 4.69) is 15.6 Å². The lowest BCUT2D eigenvalue weighted by Gasteiger charge is -2.11. The summed E-state index contributed by atoms with van der Waals surface area (Å²) in [5, 5.41) is 11.6. The zero-order valence-corrected chi connectivity index (χ0v) is 12.8. The van der Waals surface area contributed by atoms with Gasteiger partial charge in [0, 0.05) is 6.42 Å². The lowest BCUT2D eigenvalue weighted by molar-refractivity contribution is -0.116. The lowest BCUT2D eigenvalue weighted by Crippen LogP contribution is -2.16. The largest absolute Gasteiger partial charge is 0.309 e. The Kier molecular flexibility index (Phi) is 4.83. The van der Waals surface area contributed by atoms with E-state index >= 15 is 0 Å².